The summed E-state index contributed by atoms with van der Waals surface area (Å²) in [6.07, 6.45) is 2.29. The van der Waals surface area contributed by atoms with Crippen LogP contribution in [0.3, 0.4) is 0 Å². The van der Waals surface area contributed by atoms with Gasteiger partial charge in [0.15, 0.2) is 5.82 Å². The second kappa shape index (κ2) is 5.66. The number of piperidine rings is 1. The SMILES string of the molecule is Fc1ccc(Cc2nc(C3CCCNC3)no2)c(F)c1. The van der Waals surface area contributed by atoms with Crippen molar-refractivity contribution in [2.75, 3.05) is 13.1 Å². The first-order chi connectivity index (χ1) is 9.72. The summed E-state index contributed by atoms with van der Waals surface area (Å²) in [5.74, 6) is 0.0833. The number of benzene rings is 1. The zero-order chi connectivity index (χ0) is 13.9. The summed E-state index contributed by atoms with van der Waals surface area (Å²) in [6.45, 7) is 1.85. The van der Waals surface area contributed by atoms with E-state index in [-0.39, 0.29) is 12.3 Å². The average molecular weight is 279 g/mol. The molecule has 0 saturated carbocycles. The molecule has 0 spiro atoms. The number of hydrogen-bond acceptors (Lipinski definition) is 4. The molecule has 0 bridgehead atoms. The quantitative estimate of drug-likeness (QED) is 0.937. The third-order valence-electron chi connectivity index (χ3n) is 3.50. The molecule has 6 heteroatoms. The van der Waals surface area contributed by atoms with Gasteiger partial charge in [-0.15, -0.1) is 0 Å². The van der Waals surface area contributed by atoms with Gasteiger partial charge < -0.3 is 9.84 Å². The number of nitrogens with zero attached hydrogens (tertiary/aromatic N) is 2. The second-order valence-electron chi connectivity index (χ2n) is 5.00. The Morgan fingerprint density at radius 1 is 1.35 bits per heavy atom. The van der Waals surface area contributed by atoms with Gasteiger partial charge in [-0.3, -0.25) is 0 Å². The van der Waals surface area contributed by atoms with Crippen LogP contribution in [0.5, 0.6) is 0 Å². The van der Waals surface area contributed by atoms with Gasteiger partial charge in [0.05, 0.1) is 6.42 Å². The van der Waals surface area contributed by atoms with Crippen molar-refractivity contribution in [1.29, 1.82) is 0 Å². The van der Waals surface area contributed by atoms with Crippen LogP contribution in [-0.2, 0) is 6.42 Å². The fourth-order valence-corrected chi connectivity index (χ4v) is 2.41. The first-order valence-electron chi connectivity index (χ1n) is 6.69. The first kappa shape index (κ1) is 13.2. The molecule has 106 valence electrons. The normalized spacial score (nSPS) is 19.2. The summed E-state index contributed by atoms with van der Waals surface area (Å²) in [4.78, 5) is 4.31. The van der Waals surface area contributed by atoms with Gasteiger partial charge >= 0.3 is 0 Å². The fraction of sp³-hybridized carbons (Fsp3) is 0.429. The average Bonchev–Trinajstić information content (AvgIpc) is 2.92. The lowest BCUT2D eigenvalue weighted by Crippen LogP contribution is -2.28. The van der Waals surface area contributed by atoms with Crippen LogP contribution < -0.4 is 5.32 Å². The highest BCUT2D eigenvalue weighted by Gasteiger charge is 2.21. The van der Waals surface area contributed by atoms with Gasteiger partial charge in [-0.05, 0) is 31.0 Å². The molecule has 1 atom stereocenters. The molecule has 4 nitrogen and oxygen atoms in total. The number of aromatic nitrogens is 2. The third-order valence-corrected chi connectivity index (χ3v) is 3.50. The molecule has 2 heterocycles. The van der Waals surface area contributed by atoms with Crippen molar-refractivity contribution in [3.8, 4) is 0 Å². The van der Waals surface area contributed by atoms with E-state index < -0.39 is 11.6 Å². The van der Waals surface area contributed by atoms with E-state index in [1.807, 2.05) is 0 Å². The molecule has 20 heavy (non-hydrogen) atoms. The van der Waals surface area contributed by atoms with Gasteiger partial charge in [0.2, 0.25) is 5.89 Å². The predicted molar refractivity (Wildman–Crippen MR) is 68.3 cm³/mol. The Hall–Kier alpha value is -1.82. The summed E-state index contributed by atoms with van der Waals surface area (Å²) in [7, 11) is 0. The second-order valence-corrected chi connectivity index (χ2v) is 5.00. The molecule has 3 rings (SSSR count). The predicted octanol–water partition coefficient (Wildman–Crippen LogP) is 2.41. The highest BCUT2D eigenvalue weighted by Crippen LogP contribution is 2.21. The van der Waals surface area contributed by atoms with E-state index in [1.54, 1.807) is 0 Å². The molecule has 2 aromatic rings. The number of rotatable bonds is 3. The van der Waals surface area contributed by atoms with E-state index in [2.05, 4.69) is 15.5 Å². The highest BCUT2D eigenvalue weighted by atomic mass is 19.1. The lowest BCUT2D eigenvalue weighted by atomic mass is 9.99. The molecule has 0 aliphatic carbocycles. The van der Waals surface area contributed by atoms with Crippen molar-refractivity contribution in [3.05, 3.63) is 47.1 Å². The molecule has 1 aromatic carbocycles. The smallest absolute Gasteiger partial charge is 0.231 e. The van der Waals surface area contributed by atoms with Crippen molar-refractivity contribution in [2.45, 2.75) is 25.2 Å². The van der Waals surface area contributed by atoms with Crippen molar-refractivity contribution >= 4 is 0 Å². The number of hydrogen-bond donors (Lipinski definition) is 1. The van der Waals surface area contributed by atoms with Crippen LogP contribution in [0, 0.1) is 11.6 Å². The van der Waals surface area contributed by atoms with Crippen LogP contribution in [0.2, 0.25) is 0 Å². The summed E-state index contributed by atoms with van der Waals surface area (Å²) in [5, 5.41) is 7.24. The molecule has 0 radical (unpaired) electrons. The van der Waals surface area contributed by atoms with Crippen LogP contribution in [0.1, 0.15) is 36.0 Å². The number of nitrogens with one attached hydrogen (secondary N) is 1. The van der Waals surface area contributed by atoms with E-state index in [0.29, 0.717) is 17.3 Å². The van der Waals surface area contributed by atoms with Gasteiger partial charge in [-0.1, -0.05) is 11.2 Å². The van der Waals surface area contributed by atoms with Crippen LogP contribution in [0.15, 0.2) is 22.7 Å². The fourth-order valence-electron chi connectivity index (χ4n) is 2.41. The van der Waals surface area contributed by atoms with E-state index >= 15 is 0 Å². The van der Waals surface area contributed by atoms with E-state index in [1.165, 1.54) is 12.1 Å². The summed E-state index contributed by atoms with van der Waals surface area (Å²) < 4.78 is 31.6. The topological polar surface area (TPSA) is 51.0 Å². The molecular weight excluding hydrogens is 264 g/mol. The highest BCUT2D eigenvalue weighted by molar-refractivity contribution is 5.21. The Morgan fingerprint density at radius 2 is 2.25 bits per heavy atom. The van der Waals surface area contributed by atoms with E-state index in [0.717, 1.165) is 32.0 Å². The van der Waals surface area contributed by atoms with Crippen molar-refractivity contribution in [1.82, 2.24) is 15.5 Å². The maximum atomic E-state index is 13.6. The van der Waals surface area contributed by atoms with Gasteiger partial charge in [0, 0.05) is 18.5 Å². The molecular formula is C14H15F2N3O. The van der Waals surface area contributed by atoms with E-state index in [9.17, 15) is 8.78 Å². The lowest BCUT2D eigenvalue weighted by Gasteiger charge is -2.19. The Labute approximate surface area is 115 Å². The molecule has 0 amide bonds. The van der Waals surface area contributed by atoms with Gasteiger partial charge in [-0.25, -0.2) is 8.78 Å². The zero-order valence-electron chi connectivity index (χ0n) is 10.9. The molecule has 1 aliphatic rings. The van der Waals surface area contributed by atoms with Gasteiger partial charge in [0.1, 0.15) is 11.6 Å². The van der Waals surface area contributed by atoms with Crippen LogP contribution in [0.25, 0.3) is 0 Å². The molecule has 1 aromatic heterocycles. The summed E-state index contributed by atoms with van der Waals surface area (Å²) in [5.41, 5.74) is 0.350. The van der Waals surface area contributed by atoms with Crippen molar-refractivity contribution < 1.29 is 13.3 Å². The van der Waals surface area contributed by atoms with Crippen molar-refractivity contribution in [3.63, 3.8) is 0 Å². The minimum Gasteiger partial charge on any atom is -0.339 e. The summed E-state index contributed by atoms with van der Waals surface area (Å²) in [6, 6.07) is 3.48. The maximum absolute atomic E-state index is 13.6. The summed E-state index contributed by atoms with van der Waals surface area (Å²) >= 11 is 0. The number of halogens is 2. The Morgan fingerprint density at radius 3 is 3.00 bits per heavy atom. The maximum Gasteiger partial charge on any atom is 0.231 e. The Balaban J connectivity index is 1.73. The molecule has 1 aliphatic heterocycles. The Bertz CT molecular complexity index is 594. The lowest BCUT2D eigenvalue weighted by molar-refractivity contribution is 0.365. The van der Waals surface area contributed by atoms with Crippen molar-refractivity contribution in [2.24, 2.45) is 0 Å². The Kier molecular flexibility index (Phi) is 3.73. The van der Waals surface area contributed by atoms with Crippen LogP contribution >= 0.6 is 0 Å². The van der Waals surface area contributed by atoms with Crippen LogP contribution in [-0.4, -0.2) is 23.2 Å². The minimum atomic E-state index is -0.593. The molecule has 1 unspecified atom stereocenters. The van der Waals surface area contributed by atoms with E-state index in [4.69, 9.17) is 4.52 Å². The standard InChI is InChI=1S/C14H15F2N3O/c15-11-4-3-9(12(16)7-11)6-13-18-14(19-20-13)10-2-1-5-17-8-10/h3-4,7,10,17H,1-2,5-6,8H2. The first-order valence-corrected chi connectivity index (χ1v) is 6.69. The molecule has 1 fully saturated rings. The third kappa shape index (κ3) is 2.85. The molecule has 1 N–H and O–H groups in total. The molecule has 1 saturated heterocycles. The van der Waals surface area contributed by atoms with Crippen LogP contribution in [0.4, 0.5) is 8.78 Å². The monoisotopic (exact) mass is 279 g/mol. The minimum absolute atomic E-state index is 0.180. The van der Waals surface area contributed by atoms with Gasteiger partial charge in [0.25, 0.3) is 0 Å². The van der Waals surface area contributed by atoms with Gasteiger partial charge in [-0.2, -0.15) is 4.98 Å². The largest absolute Gasteiger partial charge is 0.339 e. The zero-order valence-corrected chi connectivity index (χ0v) is 10.9.